The summed E-state index contributed by atoms with van der Waals surface area (Å²) in [5, 5.41) is 7.42. The van der Waals surface area contributed by atoms with Gasteiger partial charge in [0.15, 0.2) is 0 Å². The van der Waals surface area contributed by atoms with Gasteiger partial charge in [-0.2, -0.15) is 5.10 Å². The number of benzene rings is 2. The second-order valence-electron chi connectivity index (χ2n) is 6.05. The van der Waals surface area contributed by atoms with Crippen molar-refractivity contribution in [3.05, 3.63) is 82.7 Å². The van der Waals surface area contributed by atoms with Crippen LogP contribution >= 0.6 is 0 Å². The third-order valence-corrected chi connectivity index (χ3v) is 4.05. The van der Waals surface area contributed by atoms with Gasteiger partial charge < -0.3 is 5.32 Å². The van der Waals surface area contributed by atoms with E-state index in [1.54, 1.807) is 0 Å². The first kappa shape index (κ1) is 16.0. The Morgan fingerprint density at radius 1 is 1.04 bits per heavy atom. The van der Waals surface area contributed by atoms with Gasteiger partial charge >= 0.3 is 0 Å². The van der Waals surface area contributed by atoms with Gasteiger partial charge in [0.05, 0.1) is 12.2 Å². The smallest absolute Gasteiger partial charge is 0.255 e. The van der Waals surface area contributed by atoms with Crippen LogP contribution in [0.4, 0.5) is 5.69 Å². The summed E-state index contributed by atoms with van der Waals surface area (Å²) in [6, 6.07) is 17.5. The zero-order chi connectivity index (χ0) is 17.1. The number of amides is 1. The number of para-hydroxylation sites is 1. The molecule has 0 aliphatic heterocycles. The number of aromatic nitrogens is 2. The van der Waals surface area contributed by atoms with Crippen LogP contribution in [0.5, 0.6) is 0 Å². The lowest BCUT2D eigenvalue weighted by Gasteiger charge is -2.09. The minimum atomic E-state index is -0.0954. The fraction of sp³-hybridized carbons (Fsp3) is 0.200. The van der Waals surface area contributed by atoms with Crippen molar-refractivity contribution in [2.24, 2.45) is 0 Å². The van der Waals surface area contributed by atoms with E-state index >= 15 is 0 Å². The highest BCUT2D eigenvalue weighted by atomic mass is 16.1. The van der Waals surface area contributed by atoms with Crippen molar-refractivity contribution in [3.63, 3.8) is 0 Å². The fourth-order valence-electron chi connectivity index (χ4n) is 2.68. The molecule has 4 nitrogen and oxygen atoms in total. The van der Waals surface area contributed by atoms with E-state index in [4.69, 9.17) is 0 Å². The highest BCUT2D eigenvalue weighted by Crippen LogP contribution is 2.15. The molecule has 1 heterocycles. The molecule has 0 fully saturated rings. The van der Waals surface area contributed by atoms with Gasteiger partial charge in [0, 0.05) is 16.9 Å². The van der Waals surface area contributed by atoms with Crippen LogP contribution in [0.1, 0.15) is 32.9 Å². The average molecular weight is 319 g/mol. The van der Waals surface area contributed by atoms with Crippen molar-refractivity contribution >= 4 is 11.6 Å². The number of carbonyl (C=O) groups excluding carboxylic acids is 1. The Bertz CT molecular complexity index is 863. The molecule has 0 atom stereocenters. The second-order valence-corrected chi connectivity index (χ2v) is 6.05. The standard InChI is InChI=1S/C20H21N3O/c1-14-6-4-5-7-19(14)21-20(24)18-10-8-17(9-11-18)13-23-16(3)12-15(2)22-23/h4-12H,13H2,1-3H3,(H,21,24). The SMILES string of the molecule is Cc1cc(C)n(Cc2ccc(C(=O)Nc3ccccc3C)cc2)n1. The van der Waals surface area contributed by atoms with Gasteiger partial charge in [-0.1, -0.05) is 30.3 Å². The van der Waals surface area contributed by atoms with Crippen LogP contribution in [-0.4, -0.2) is 15.7 Å². The van der Waals surface area contributed by atoms with Gasteiger partial charge in [0.1, 0.15) is 0 Å². The molecule has 122 valence electrons. The summed E-state index contributed by atoms with van der Waals surface area (Å²) in [4.78, 5) is 12.4. The van der Waals surface area contributed by atoms with E-state index in [1.807, 2.05) is 74.0 Å². The van der Waals surface area contributed by atoms with Crippen LogP contribution in [0.15, 0.2) is 54.6 Å². The van der Waals surface area contributed by atoms with Crippen LogP contribution in [0.2, 0.25) is 0 Å². The zero-order valence-electron chi connectivity index (χ0n) is 14.2. The third-order valence-electron chi connectivity index (χ3n) is 4.05. The summed E-state index contributed by atoms with van der Waals surface area (Å²) in [7, 11) is 0. The molecule has 0 saturated heterocycles. The lowest BCUT2D eigenvalue weighted by molar-refractivity contribution is 0.102. The van der Waals surface area contributed by atoms with Crippen molar-refractivity contribution in [2.45, 2.75) is 27.3 Å². The number of carbonyl (C=O) groups is 1. The maximum absolute atomic E-state index is 12.4. The number of aryl methyl sites for hydroxylation is 3. The van der Waals surface area contributed by atoms with Crippen LogP contribution in [-0.2, 0) is 6.54 Å². The summed E-state index contributed by atoms with van der Waals surface area (Å²) in [6.45, 7) is 6.72. The largest absolute Gasteiger partial charge is 0.322 e. The van der Waals surface area contributed by atoms with E-state index in [-0.39, 0.29) is 5.91 Å². The molecule has 0 aliphatic rings. The fourth-order valence-corrected chi connectivity index (χ4v) is 2.68. The second kappa shape index (κ2) is 6.71. The Labute approximate surface area is 142 Å². The van der Waals surface area contributed by atoms with Gasteiger partial charge in [-0.25, -0.2) is 0 Å². The van der Waals surface area contributed by atoms with Crippen molar-refractivity contribution in [1.29, 1.82) is 0 Å². The Morgan fingerprint density at radius 3 is 2.38 bits per heavy atom. The summed E-state index contributed by atoms with van der Waals surface area (Å²) in [6.07, 6.45) is 0. The summed E-state index contributed by atoms with van der Waals surface area (Å²) < 4.78 is 1.97. The first-order chi connectivity index (χ1) is 11.5. The minimum absolute atomic E-state index is 0.0954. The molecule has 0 unspecified atom stereocenters. The minimum Gasteiger partial charge on any atom is -0.322 e. The van der Waals surface area contributed by atoms with Gasteiger partial charge in [-0.3, -0.25) is 9.48 Å². The summed E-state index contributed by atoms with van der Waals surface area (Å²) in [5.74, 6) is -0.0954. The van der Waals surface area contributed by atoms with Crippen molar-refractivity contribution in [3.8, 4) is 0 Å². The molecule has 24 heavy (non-hydrogen) atoms. The van der Waals surface area contributed by atoms with Crippen molar-refractivity contribution in [2.75, 3.05) is 5.32 Å². The van der Waals surface area contributed by atoms with E-state index in [2.05, 4.69) is 16.5 Å². The lowest BCUT2D eigenvalue weighted by atomic mass is 10.1. The molecule has 0 saturated carbocycles. The molecular formula is C20H21N3O. The molecular weight excluding hydrogens is 298 g/mol. The van der Waals surface area contributed by atoms with E-state index in [1.165, 1.54) is 0 Å². The van der Waals surface area contributed by atoms with E-state index in [0.29, 0.717) is 12.1 Å². The van der Waals surface area contributed by atoms with Crippen LogP contribution in [0, 0.1) is 20.8 Å². The molecule has 0 aliphatic carbocycles. The van der Waals surface area contributed by atoms with E-state index in [0.717, 1.165) is 28.2 Å². The maximum Gasteiger partial charge on any atom is 0.255 e. The van der Waals surface area contributed by atoms with E-state index in [9.17, 15) is 4.79 Å². The van der Waals surface area contributed by atoms with Crippen LogP contribution in [0.25, 0.3) is 0 Å². The monoisotopic (exact) mass is 319 g/mol. The number of rotatable bonds is 4. The molecule has 2 aromatic carbocycles. The van der Waals surface area contributed by atoms with Crippen molar-refractivity contribution < 1.29 is 4.79 Å². The molecule has 4 heteroatoms. The van der Waals surface area contributed by atoms with E-state index < -0.39 is 0 Å². The van der Waals surface area contributed by atoms with Gasteiger partial charge in [-0.05, 0) is 56.2 Å². The first-order valence-electron chi connectivity index (χ1n) is 8.00. The predicted molar refractivity (Wildman–Crippen MR) is 96.4 cm³/mol. The normalized spacial score (nSPS) is 10.6. The predicted octanol–water partition coefficient (Wildman–Crippen LogP) is 4.11. The molecule has 0 radical (unpaired) electrons. The molecule has 0 spiro atoms. The Morgan fingerprint density at radius 2 is 1.75 bits per heavy atom. The third kappa shape index (κ3) is 3.54. The Kier molecular flexibility index (Phi) is 4.47. The number of nitrogens with one attached hydrogen (secondary N) is 1. The highest BCUT2D eigenvalue weighted by molar-refractivity contribution is 6.04. The Balaban J connectivity index is 1.71. The molecule has 1 N–H and O–H groups in total. The van der Waals surface area contributed by atoms with Gasteiger partial charge in [-0.15, -0.1) is 0 Å². The number of hydrogen-bond donors (Lipinski definition) is 1. The average Bonchev–Trinajstić information content (AvgIpc) is 2.88. The molecule has 3 aromatic rings. The molecule has 1 amide bonds. The number of hydrogen-bond acceptors (Lipinski definition) is 2. The summed E-state index contributed by atoms with van der Waals surface area (Å²) in [5.41, 5.74) is 5.81. The molecule has 0 bridgehead atoms. The maximum atomic E-state index is 12.4. The zero-order valence-corrected chi connectivity index (χ0v) is 14.2. The molecule has 3 rings (SSSR count). The quantitative estimate of drug-likeness (QED) is 0.786. The number of anilines is 1. The lowest BCUT2D eigenvalue weighted by Crippen LogP contribution is -2.13. The topological polar surface area (TPSA) is 46.9 Å². The highest BCUT2D eigenvalue weighted by Gasteiger charge is 2.08. The van der Waals surface area contributed by atoms with Gasteiger partial charge in [0.25, 0.3) is 5.91 Å². The first-order valence-corrected chi connectivity index (χ1v) is 8.00. The summed E-state index contributed by atoms with van der Waals surface area (Å²) >= 11 is 0. The Hall–Kier alpha value is -2.88. The number of nitrogens with zero attached hydrogens (tertiary/aromatic N) is 2. The van der Waals surface area contributed by atoms with Crippen LogP contribution in [0.3, 0.4) is 0 Å². The van der Waals surface area contributed by atoms with Gasteiger partial charge in [0.2, 0.25) is 0 Å². The molecule has 1 aromatic heterocycles. The van der Waals surface area contributed by atoms with Crippen molar-refractivity contribution in [1.82, 2.24) is 9.78 Å². The van der Waals surface area contributed by atoms with Crippen LogP contribution < -0.4 is 5.32 Å².